The average molecular weight is 460 g/mol. The lowest BCUT2D eigenvalue weighted by Gasteiger charge is -2.32. The van der Waals surface area contributed by atoms with Crippen LogP contribution in [0.2, 0.25) is 0 Å². The van der Waals surface area contributed by atoms with Crippen LogP contribution in [0.1, 0.15) is 12.5 Å². The van der Waals surface area contributed by atoms with E-state index >= 15 is 0 Å². The Kier molecular flexibility index (Phi) is 8.66. The maximum Gasteiger partial charge on any atom is 0.219 e. The largest absolute Gasteiger partial charge is 0.492 e. The van der Waals surface area contributed by atoms with Gasteiger partial charge in [-0.05, 0) is 43.9 Å². The highest BCUT2D eigenvalue weighted by Gasteiger charge is 2.37. The summed E-state index contributed by atoms with van der Waals surface area (Å²) in [7, 11) is 4.01. The van der Waals surface area contributed by atoms with Crippen molar-refractivity contribution >= 4 is 5.91 Å². The molecular formula is C25H34FN3O4. The first-order valence-electron chi connectivity index (χ1n) is 11.2. The second-order valence-electron chi connectivity index (χ2n) is 8.92. The normalized spacial score (nSPS) is 19.4. The minimum Gasteiger partial charge on any atom is -0.492 e. The number of aliphatic hydroxyl groups is 1. The summed E-state index contributed by atoms with van der Waals surface area (Å²) in [5.41, 5.74) is -0.240. The van der Waals surface area contributed by atoms with Gasteiger partial charge in [-0.15, -0.1) is 0 Å². The molecular weight excluding hydrogens is 425 g/mol. The van der Waals surface area contributed by atoms with Gasteiger partial charge in [0.25, 0.3) is 0 Å². The third-order valence-electron chi connectivity index (χ3n) is 5.55. The van der Waals surface area contributed by atoms with Crippen LogP contribution < -0.4 is 9.47 Å². The van der Waals surface area contributed by atoms with Crippen LogP contribution in [-0.2, 0) is 11.3 Å². The number of likely N-dealkylation sites (N-methyl/N-ethyl adjacent to an activating group) is 1. The lowest BCUT2D eigenvalue weighted by Crippen LogP contribution is -2.51. The number of halogens is 1. The molecule has 1 amide bonds. The third kappa shape index (κ3) is 7.99. The van der Waals surface area contributed by atoms with Crippen LogP contribution in [0.4, 0.5) is 4.39 Å². The minimum absolute atomic E-state index is 0.0512. The van der Waals surface area contributed by atoms with Crippen molar-refractivity contribution in [3.8, 4) is 11.5 Å². The second kappa shape index (κ2) is 11.4. The number of amides is 1. The number of hydrogen-bond donors (Lipinski definition) is 1. The van der Waals surface area contributed by atoms with Crippen LogP contribution in [-0.4, -0.2) is 91.3 Å². The van der Waals surface area contributed by atoms with Crippen molar-refractivity contribution in [2.75, 3.05) is 60.0 Å². The van der Waals surface area contributed by atoms with Crippen molar-refractivity contribution < 1.29 is 23.8 Å². The molecule has 1 fully saturated rings. The van der Waals surface area contributed by atoms with E-state index in [1.165, 1.54) is 19.1 Å². The Bertz CT molecular complexity index is 926. The summed E-state index contributed by atoms with van der Waals surface area (Å²) in [6.07, 6.45) is 0. The van der Waals surface area contributed by atoms with E-state index in [1.807, 2.05) is 38.4 Å². The Morgan fingerprint density at radius 1 is 1.09 bits per heavy atom. The van der Waals surface area contributed by atoms with Crippen LogP contribution in [0, 0.1) is 5.82 Å². The number of rotatable bonds is 9. The molecule has 33 heavy (non-hydrogen) atoms. The van der Waals surface area contributed by atoms with E-state index in [-0.39, 0.29) is 19.1 Å². The van der Waals surface area contributed by atoms with Gasteiger partial charge in [0, 0.05) is 45.7 Å². The van der Waals surface area contributed by atoms with E-state index in [2.05, 4.69) is 9.80 Å². The second-order valence-corrected chi connectivity index (χ2v) is 8.92. The van der Waals surface area contributed by atoms with Crippen molar-refractivity contribution in [2.24, 2.45) is 0 Å². The molecule has 1 aliphatic heterocycles. The molecule has 7 nitrogen and oxygen atoms in total. The number of ether oxygens (including phenoxy) is 2. The van der Waals surface area contributed by atoms with Crippen molar-refractivity contribution in [3.63, 3.8) is 0 Å². The van der Waals surface area contributed by atoms with E-state index < -0.39 is 11.4 Å². The van der Waals surface area contributed by atoms with Gasteiger partial charge in [-0.25, -0.2) is 4.39 Å². The molecule has 1 atom stereocenters. The maximum atomic E-state index is 13.5. The Morgan fingerprint density at radius 2 is 1.82 bits per heavy atom. The van der Waals surface area contributed by atoms with Crippen molar-refractivity contribution in [1.29, 1.82) is 0 Å². The van der Waals surface area contributed by atoms with E-state index in [9.17, 15) is 14.3 Å². The summed E-state index contributed by atoms with van der Waals surface area (Å²) in [6.45, 7) is 5.08. The third-order valence-corrected chi connectivity index (χ3v) is 5.55. The predicted molar refractivity (Wildman–Crippen MR) is 125 cm³/mol. The van der Waals surface area contributed by atoms with Gasteiger partial charge in [0.1, 0.15) is 36.1 Å². The molecule has 8 heteroatoms. The van der Waals surface area contributed by atoms with E-state index in [1.54, 1.807) is 17.0 Å². The van der Waals surface area contributed by atoms with Crippen molar-refractivity contribution in [3.05, 3.63) is 59.9 Å². The number of β-amino-alcohol motifs (C(OH)–C–C–N with tert-alkyl or cyclic N) is 1. The Hall–Kier alpha value is -2.68. The highest BCUT2D eigenvalue weighted by Crippen LogP contribution is 2.21. The van der Waals surface area contributed by atoms with Gasteiger partial charge in [-0.3, -0.25) is 9.69 Å². The van der Waals surface area contributed by atoms with E-state index in [0.29, 0.717) is 38.5 Å². The molecule has 1 unspecified atom stereocenters. The van der Waals surface area contributed by atoms with Crippen molar-refractivity contribution in [2.45, 2.75) is 19.1 Å². The SMILES string of the molecule is CC(=O)N1CCN(Cc2cccc(OCCN(C)C)c2)CC(O)(COc2cccc(F)c2)C1. The fraction of sp³-hybridized carbons (Fsp3) is 0.480. The van der Waals surface area contributed by atoms with Gasteiger partial charge in [0.2, 0.25) is 5.91 Å². The maximum absolute atomic E-state index is 13.5. The summed E-state index contributed by atoms with van der Waals surface area (Å²) in [5, 5.41) is 11.4. The fourth-order valence-electron chi connectivity index (χ4n) is 3.85. The van der Waals surface area contributed by atoms with Crippen molar-refractivity contribution in [1.82, 2.24) is 14.7 Å². The number of benzene rings is 2. The molecule has 180 valence electrons. The first-order valence-corrected chi connectivity index (χ1v) is 11.2. The molecule has 0 aliphatic carbocycles. The Morgan fingerprint density at radius 3 is 2.52 bits per heavy atom. The highest BCUT2D eigenvalue weighted by molar-refractivity contribution is 5.73. The molecule has 0 bridgehead atoms. The zero-order chi connectivity index (χ0) is 23.8. The molecule has 0 aromatic heterocycles. The number of nitrogens with zero attached hydrogens (tertiary/aromatic N) is 3. The topological polar surface area (TPSA) is 65.5 Å². The Labute approximate surface area is 195 Å². The zero-order valence-corrected chi connectivity index (χ0v) is 19.7. The molecule has 1 N–H and O–H groups in total. The zero-order valence-electron chi connectivity index (χ0n) is 19.7. The quantitative estimate of drug-likeness (QED) is 0.621. The summed E-state index contributed by atoms with van der Waals surface area (Å²) in [5.74, 6) is 0.646. The first-order chi connectivity index (χ1) is 15.7. The molecule has 2 aromatic carbocycles. The standard InChI is InChI=1S/C25H34FN3O4/c1-20(30)29-11-10-28(16-21-6-4-8-23(14-21)32-13-12-27(2)3)17-25(31,18-29)19-33-24-9-5-7-22(26)15-24/h4-9,14-15,31H,10-13,16-19H2,1-3H3. The molecule has 0 spiro atoms. The van der Waals surface area contributed by atoms with Crippen LogP contribution in [0.3, 0.4) is 0 Å². The van der Waals surface area contributed by atoms with Crippen LogP contribution in [0.5, 0.6) is 11.5 Å². The average Bonchev–Trinajstić information content (AvgIpc) is 2.92. The molecule has 0 saturated carbocycles. The molecule has 0 radical (unpaired) electrons. The van der Waals surface area contributed by atoms with Gasteiger partial charge in [0.05, 0.1) is 6.54 Å². The van der Waals surface area contributed by atoms with E-state index in [4.69, 9.17) is 9.47 Å². The highest BCUT2D eigenvalue weighted by atomic mass is 19.1. The molecule has 2 aromatic rings. The lowest BCUT2D eigenvalue weighted by molar-refractivity contribution is -0.132. The lowest BCUT2D eigenvalue weighted by atomic mass is 10.0. The summed E-state index contributed by atoms with van der Waals surface area (Å²) in [6, 6.07) is 13.7. The fourth-order valence-corrected chi connectivity index (χ4v) is 3.85. The minimum atomic E-state index is -1.30. The summed E-state index contributed by atoms with van der Waals surface area (Å²) < 4.78 is 25.1. The predicted octanol–water partition coefficient (Wildman–Crippen LogP) is 2.24. The van der Waals surface area contributed by atoms with Gasteiger partial charge in [-0.1, -0.05) is 18.2 Å². The van der Waals surface area contributed by atoms with E-state index in [0.717, 1.165) is 17.9 Å². The number of carbonyl (C=O) groups excluding carboxylic acids is 1. The number of hydrogen-bond acceptors (Lipinski definition) is 6. The van der Waals surface area contributed by atoms with Gasteiger partial charge in [-0.2, -0.15) is 0 Å². The molecule has 1 saturated heterocycles. The number of carbonyl (C=O) groups is 1. The Balaban J connectivity index is 1.68. The molecule has 1 aliphatic rings. The van der Waals surface area contributed by atoms with Crippen LogP contribution in [0.15, 0.2) is 48.5 Å². The van der Waals surface area contributed by atoms with Gasteiger partial charge in [0.15, 0.2) is 0 Å². The first kappa shape index (κ1) is 25.0. The smallest absolute Gasteiger partial charge is 0.219 e. The summed E-state index contributed by atoms with van der Waals surface area (Å²) >= 11 is 0. The molecule has 3 rings (SSSR count). The van der Waals surface area contributed by atoms with Gasteiger partial charge >= 0.3 is 0 Å². The summed E-state index contributed by atoms with van der Waals surface area (Å²) in [4.78, 5) is 17.9. The monoisotopic (exact) mass is 459 g/mol. The van der Waals surface area contributed by atoms with Gasteiger partial charge < -0.3 is 24.4 Å². The van der Waals surface area contributed by atoms with Crippen LogP contribution in [0.25, 0.3) is 0 Å². The van der Waals surface area contributed by atoms with Crippen LogP contribution >= 0.6 is 0 Å². The molecule has 1 heterocycles.